The molecule has 0 aromatic heterocycles. The summed E-state index contributed by atoms with van der Waals surface area (Å²) < 4.78 is 0. The van der Waals surface area contributed by atoms with E-state index >= 15 is 0 Å². The lowest BCUT2D eigenvalue weighted by Gasteiger charge is -2.27. The Bertz CT molecular complexity index is 1020. The fraction of sp³-hybridized carbons (Fsp3) is 0.208. The van der Waals surface area contributed by atoms with Crippen LogP contribution >= 0.6 is 23.5 Å². The summed E-state index contributed by atoms with van der Waals surface area (Å²) in [4.78, 5) is 18.0. The van der Waals surface area contributed by atoms with Crippen LogP contribution in [0.5, 0.6) is 0 Å². The second-order valence-electron chi connectivity index (χ2n) is 6.88. The van der Waals surface area contributed by atoms with Gasteiger partial charge in [0.1, 0.15) is 0 Å². The Morgan fingerprint density at radius 1 is 0.903 bits per heavy atom. The molecule has 0 aliphatic heterocycles. The van der Waals surface area contributed by atoms with Crippen molar-refractivity contribution in [2.24, 2.45) is 5.11 Å². The number of ketones is 1. The molecule has 0 heterocycles. The van der Waals surface area contributed by atoms with Crippen LogP contribution in [0.4, 0.5) is 0 Å². The molecule has 0 radical (unpaired) electrons. The van der Waals surface area contributed by atoms with Crippen LogP contribution in [0.1, 0.15) is 17.5 Å². The number of aliphatic hydroxyl groups is 1. The van der Waals surface area contributed by atoms with Gasteiger partial charge in [0.2, 0.25) is 0 Å². The van der Waals surface area contributed by atoms with Gasteiger partial charge in [-0.2, -0.15) is 0 Å². The molecule has 0 saturated heterocycles. The van der Waals surface area contributed by atoms with Crippen LogP contribution in [0.25, 0.3) is 10.4 Å². The lowest BCUT2D eigenvalue weighted by atomic mass is 9.89. The molecule has 3 rings (SSSR count). The zero-order chi connectivity index (χ0) is 21.9. The van der Waals surface area contributed by atoms with Gasteiger partial charge in [-0.15, -0.1) is 23.5 Å². The highest BCUT2D eigenvalue weighted by Crippen LogP contribution is 2.33. The normalized spacial score (nSPS) is 12.5. The van der Waals surface area contributed by atoms with Crippen LogP contribution in [0.3, 0.4) is 0 Å². The van der Waals surface area contributed by atoms with Crippen molar-refractivity contribution in [2.45, 2.75) is 28.4 Å². The van der Waals surface area contributed by atoms with Gasteiger partial charge in [0.05, 0.1) is 6.54 Å². The van der Waals surface area contributed by atoms with Crippen LogP contribution in [0.2, 0.25) is 0 Å². The topological polar surface area (TPSA) is 86.1 Å². The molecular weight excluding hydrogens is 426 g/mol. The predicted molar refractivity (Wildman–Crippen MR) is 127 cm³/mol. The quantitative estimate of drug-likeness (QED) is 0.163. The maximum atomic E-state index is 13.2. The van der Waals surface area contributed by atoms with Crippen molar-refractivity contribution in [2.75, 3.05) is 11.5 Å². The fourth-order valence-electron chi connectivity index (χ4n) is 3.01. The molecule has 1 unspecified atom stereocenters. The van der Waals surface area contributed by atoms with Crippen LogP contribution in [-0.4, -0.2) is 22.4 Å². The molecule has 0 fully saturated rings. The smallest absolute Gasteiger partial charge is 0.170 e. The van der Waals surface area contributed by atoms with Crippen LogP contribution in [0, 0.1) is 0 Å². The van der Waals surface area contributed by atoms with E-state index in [1.165, 1.54) is 11.8 Å². The third-order valence-electron chi connectivity index (χ3n) is 4.74. The van der Waals surface area contributed by atoms with Gasteiger partial charge in [0.25, 0.3) is 0 Å². The van der Waals surface area contributed by atoms with E-state index in [0.717, 1.165) is 15.4 Å². The van der Waals surface area contributed by atoms with Crippen LogP contribution in [0.15, 0.2) is 99.8 Å². The number of carbonyl (C=O) groups excluding carboxylic acids is 1. The minimum absolute atomic E-state index is 0.206. The van der Waals surface area contributed by atoms with Crippen LogP contribution in [-0.2, 0) is 16.9 Å². The number of carbonyl (C=O) groups is 1. The number of rotatable bonds is 11. The summed E-state index contributed by atoms with van der Waals surface area (Å²) in [7, 11) is 0. The summed E-state index contributed by atoms with van der Waals surface area (Å²) in [5.74, 6) is 0.611. The molecule has 31 heavy (non-hydrogen) atoms. The van der Waals surface area contributed by atoms with E-state index in [1.807, 2.05) is 60.7 Å². The molecule has 0 aliphatic carbocycles. The van der Waals surface area contributed by atoms with Gasteiger partial charge in [0, 0.05) is 32.6 Å². The lowest BCUT2D eigenvalue weighted by Crippen LogP contribution is -2.38. The molecule has 0 spiro atoms. The summed E-state index contributed by atoms with van der Waals surface area (Å²) in [6.45, 7) is 0.232. The van der Waals surface area contributed by atoms with Crippen molar-refractivity contribution >= 4 is 29.3 Å². The molecular formula is C24H23N3O2S2. The number of Topliss-reactive ketones (excluding diaryl/α,β-unsaturated/α-hetero) is 1. The van der Waals surface area contributed by atoms with Gasteiger partial charge in [-0.3, -0.25) is 4.79 Å². The molecule has 5 nitrogen and oxygen atoms in total. The van der Waals surface area contributed by atoms with Gasteiger partial charge < -0.3 is 5.11 Å². The summed E-state index contributed by atoms with van der Waals surface area (Å²) in [5.41, 5.74) is 8.27. The molecule has 1 atom stereocenters. The second-order valence-corrected chi connectivity index (χ2v) is 9.10. The Kier molecular flexibility index (Phi) is 8.62. The van der Waals surface area contributed by atoms with E-state index < -0.39 is 5.60 Å². The average molecular weight is 450 g/mol. The van der Waals surface area contributed by atoms with Gasteiger partial charge >= 0.3 is 0 Å². The number of hydrogen-bond donors (Lipinski definition) is 1. The Balaban J connectivity index is 1.75. The predicted octanol–water partition coefficient (Wildman–Crippen LogP) is 6.23. The van der Waals surface area contributed by atoms with Gasteiger partial charge in [-0.1, -0.05) is 65.8 Å². The SMILES string of the molecule is [N-]=[N+]=NCc1ccc(C(O)(CSc2ccccc2)C(=O)CCSc2ccccc2)cc1. The minimum atomic E-state index is -1.60. The number of thioether (sulfide) groups is 2. The zero-order valence-electron chi connectivity index (χ0n) is 16.9. The average Bonchev–Trinajstić information content (AvgIpc) is 2.83. The Morgan fingerprint density at radius 2 is 1.48 bits per heavy atom. The highest BCUT2D eigenvalue weighted by molar-refractivity contribution is 7.99. The zero-order valence-corrected chi connectivity index (χ0v) is 18.6. The van der Waals surface area contributed by atoms with E-state index in [0.29, 0.717) is 11.3 Å². The van der Waals surface area contributed by atoms with E-state index in [-0.39, 0.29) is 24.5 Å². The molecule has 3 aromatic carbocycles. The van der Waals surface area contributed by atoms with E-state index in [1.54, 1.807) is 36.0 Å². The van der Waals surface area contributed by atoms with E-state index in [9.17, 15) is 9.90 Å². The van der Waals surface area contributed by atoms with Gasteiger partial charge in [0.15, 0.2) is 11.4 Å². The number of benzene rings is 3. The summed E-state index contributed by atoms with van der Waals surface area (Å²) in [5, 5.41) is 15.1. The maximum absolute atomic E-state index is 13.2. The second kappa shape index (κ2) is 11.6. The van der Waals surface area contributed by atoms with Crippen molar-refractivity contribution < 1.29 is 9.90 Å². The number of nitrogens with zero attached hydrogens (tertiary/aromatic N) is 3. The van der Waals surface area contributed by atoms with Crippen molar-refractivity contribution in [3.05, 3.63) is 106 Å². The standard InChI is InChI=1S/C24H23N3O2S2/c25-27-26-17-19-11-13-20(14-12-19)24(29,18-31-22-9-5-2-6-10-22)23(28)15-16-30-21-7-3-1-4-8-21/h1-14,29H,15-18H2. The van der Waals surface area contributed by atoms with Crippen molar-refractivity contribution in [1.82, 2.24) is 0 Å². The fourth-order valence-corrected chi connectivity index (χ4v) is 4.94. The number of hydrogen-bond acceptors (Lipinski definition) is 5. The van der Waals surface area contributed by atoms with Gasteiger partial charge in [-0.25, -0.2) is 0 Å². The molecule has 0 amide bonds. The maximum Gasteiger partial charge on any atom is 0.170 e. The highest BCUT2D eigenvalue weighted by atomic mass is 32.2. The molecule has 1 N–H and O–H groups in total. The molecule has 0 bridgehead atoms. The number of azide groups is 1. The summed E-state index contributed by atoms with van der Waals surface area (Å²) in [6.07, 6.45) is 0.256. The largest absolute Gasteiger partial charge is 0.376 e. The molecule has 7 heteroatoms. The first-order valence-corrected chi connectivity index (χ1v) is 11.8. The Labute approximate surface area is 190 Å². The minimum Gasteiger partial charge on any atom is -0.376 e. The summed E-state index contributed by atoms with van der Waals surface area (Å²) >= 11 is 3.06. The lowest BCUT2D eigenvalue weighted by molar-refractivity contribution is -0.135. The van der Waals surface area contributed by atoms with Crippen molar-refractivity contribution in [3.8, 4) is 0 Å². The monoisotopic (exact) mass is 449 g/mol. The van der Waals surface area contributed by atoms with E-state index in [2.05, 4.69) is 10.0 Å². The molecule has 158 valence electrons. The van der Waals surface area contributed by atoms with Crippen molar-refractivity contribution in [1.29, 1.82) is 0 Å². The van der Waals surface area contributed by atoms with Crippen LogP contribution < -0.4 is 0 Å². The first-order chi connectivity index (χ1) is 15.1. The molecule has 3 aromatic rings. The first kappa shape index (κ1) is 23.0. The highest BCUT2D eigenvalue weighted by Gasteiger charge is 2.37. The van der Waals surface area contributed by atoms with Crippen molar-refractivity contribution in [3.63, 3.8) is 0 Å². The Morgan fingerprint density at radius 3 is 2.06 bits per heavy atom. The summed E-state index contributed by atoms with van der Waals surface area (Å²) in [6, 6.07) is 26.7. The Hall–Kier alpha value is -2.70. The third-order valence-corrected chi connectivity index (χ3v) is 6.92. The first-order valence-electron chi connectivity index (χ1n) is 9.83. The third kappa shape index (κ3) is 6.64. The molecule has 0 saturated carbocycles. The van der Waals surface area contributed by atoms with E-state index in [4.69, 9.17) is 5.53 Å². The molecule has 0 aliphatic rings. The van der Waals surface area contributed by atoms with Gasteiger partial charge in [-0.05, 0) is 40.9 Å².